The first kappa shape index (κ1) is 26.0. The summed E-state index contributed by atoms with van der Waals surface area (Å²) < 4.78 is 22.4. The highest BCUT2D eigenvalue weighted by molar-refractivity contribution is 7.76. The minimum atomic E-state index is -0.637. The standard InChI is InChI=1S/C30H32O4P2/c1-31-23-17-24(32-2)20-29(19-23)35(27-11-7-5-8-12-27)15-16-36(28-13-9-6-10-14-28)30-21-25(33-3)18-26(22-30)34-4/h5-14,17-22H,15-16H2,1-4H3. The molecule has 0 heterocycles. The molecule has 0 bridgehead atoms. The fourth-order valence-corrected chi connectivity index (χ4v) is 9.55. The summed E-state index contributed by atoms with van der Waals surface area (Å²) in [6.07, 6.45) is 2.05. The predicted octanol–water partition coefficient (Wildman–Crippen LogP) is 5.29. The molecule has 0 spiro atoms. The Labute approximate surface area is 216 Å². The third-order valence-corrected chi connectivity index (χ3v) is 11.3. The molecular formula is C30H32O4P2. The Bertz CT molecular complexity index is 1110. The molecule has 4 nitrogen and oxygen atoms in total. The van der Waals surface area contributed by atoms with E-state index < -0.39 is 15.8 Å². The monoisotopic (exact) mass is 518 g/mol. The van der Waals surface area contributed by atoms with Crippen LogP contribution in [0.25, 0.3) is 0 Å². The van der Waals surface area contributed by atoms with Crippen LogP contribution in [0.15, 0.2) is 97.1 Å². The van der Waals surface area contributed by atoms with E-state index >= 15 is 0 Å². The molecule has 4 rings (SSSR count). The predicted molar refractivity (Wildman–Crippen MR) is 154 cm³/mol. The first-order valence-electron chi connectivity index (χ1n) is 11.8. The Morgan fingerprint density at radius 1 is 0.417 bits per heavy atom. The van der Waals surface area contributed by atoms with E-state index in [0.29, 0.717) is 0 Å². The van der Waals surface area contributed by atoms with Crippen LogP contribution in [0.5, 0.6) is 23.0 Å². The summed E-state index contributed by atoms with van der Waals surface area (Å²) >= 11 is 0. The van der Waals surface area contributed by atoms with Crippen molar-refractivity contribution < 1.29 is 18.9 Å². The molecule has 36 heavy (non-hydrogen) atoms. The maximum absolute atomic E-state index is 5.61. The quantitative estimate of drug-likeness (QED) is 0.253. The molecule has 0 aliphatic rings. The second kappa shape index (κ2) is 12.8. The normalized spacial score (nSPS) is 12.4. The van der Waals surface area contributed by atoms with Gasteiger partial charge in [-0.2, -0.15) is 0 Å². The van der Waals surface area contributed by atoms with E-state index in [1.807, 2.05) is 12.1 Å². The molecular weight excluding hydrogens is 486 g/mol. The minimum absolute atomic E-state index is 0.637. The lowest BCUT2D eigenvalue weighted by Crippen LogP contribution is -2.20. The Hall–Kier alpha value is -3.06. The van der Waals surface area contributed by atoms with Gasteiger partial charge in [0.05, 0.1) is 28.4 Å². The molecule has 0 radical (unpaired) electrons. The van der Waals surface area contributed by atoms with Crippen LogP contribution in [-0.4, -0.2) is 40.8 Å². The van der Waals surface area contributed by atoms with Gasteiger partial charge in [-0.1, -0.05) is 60.7 Å². The van der Waals surface area contributed by atoms with Crippen molar-refractivity contribution in [1.29, 1.82) is 0 Å². The van der Waals surface area contributed by atoms with Gasteiger partial charge in [0.2, 0.25) is 0 Å². The molecule has 0 N–H and O–H groups in total. The fourth-order valence-electron chi connectivity index (χ4n) is 4.13. The third-order valence-electron chi connectivity index (χ3n) is 5.98. The Morgan fingerprint density at radius 3 is 1.00 bits per heavy atom. The van der Waals surface area contributed by atoms with Crippen molar-refractivity contribution >= 4 is 37.1 Å². The van der Waals surface area contributed by atoms with E-state index in [1.54, 1.807) is 28.4 Å². The number of rotatable bonds is 11. The van der Waals surface area contributed by atoms with Gasteiger partial charge in [-0.3, -0.25) is 0 Å². The molecule has 4 aromatic carbocycles. The van der Waals surface area contributed by atoms with Gasteiger partial charge in [-0.05, 0) is 73.7 Å². The zero-order valence-electron chi connectivity index (χ0n) is 21.2. The van der Waals surface area contributed by atoms with Gasteiger partial charge in [0.15, 0.2) is 0 Å². The van der Waals surface area contributed by atoms with Gasteiger partial charge < -0.3 is 18.9 Å². The maximum Gasteiger partial charge on any atom is 0.123 e. The van der Waals surface area contributed by atoms with E-state index in [1.165, 1.54) is 21.2 Å². The van der Waals surface area contributed by atoms with Gasteiger partial charge in [0.1, 0.15) is 23.0 Å². The number of hydrogen-bond donors (Lipinski definition) is 0. The summed E-state index contributed by atoms with van der Waals surface area (Å²) in [4.78, 5) is 0. The van der Waals surface area contributed by atoms with E-state index in [0.717, 1.165) is 35.3 Å². The third kappa shape index (κ3) is 6.38. The molecule has 0 fully saturated rings. The van der Waals surface area contributed by atoms with Crippen LogP contribution in [0, 0.1) is 0 Å². The lowest BCUT2D eigenvalue weighted by molar-refractivity contribution is 0.395. The second-order valence-electron chi connectivity index (χ2n) is 8.12. The number of methoxy groups -OCH3 is 4. The van der Waals surface area contributed by atoms with Crippen LogP contribution >= 0.6 is 15.8 Å². The summed E-state index contributed by atoms with van der Waals surface area (Å²) in [5.74, 6) is 3.26. The topological polar surface area (TPSA) is 36.9 Å². The van der Waals surface area contributed by atoms with E-state index in [9.17, 15) is 0 Å². The number of ether oxygens (including phenoxy) is 4. The first-order chi connectivity index (χ1) is 17.6. The highest BCUT2D eigenvalue weighted by Gasteiger charge is 2.21. The summed E-state index contributed by atoms with van der Waals surface area (Å²) in [5.41, 5.74) is 0. The molecule has 2 unspecified atom stereocenters. The first-order valence-corrected chi connectivity index (χ1v) is 14.8. The lowest BCUT2D eigenvalue weighted by Gasteiger charge is -2.25. The maximum atomic E-state index is 5.61. The van der Waals surface area contributed by atoms with Crippen molar-refractivity contribution in [2.45, 2.75) is 0 Å². The Balaban J connectivity index is 1.74. The summed E-state index contributed by atoms with van der Waals surface area (Å²) in [5, 5.41) is 5.18. The lowest BCUT2D eigenvalue weighted by atomic mass is 10.3. The van der Waals surface area contributed by atoms with E-state index in [-0.39, 0.29) is 0 Å². The average Bonchev–Trinajstić information content (AvgIpc) is 2.95. The zero-order chi connectivity index (χ0) is 25.3. The van der Waals surface area contributed by atoms with Crippen LogP contribution in [0.1, 0.15) is 0 Å². The molecule has 4 aromatic rings. The zero-order valence-corrected chi connectivity index (χ0v) is 23.0. The molecule has 0 aromatic heterocycles. The molecule has 0 aliphatic heterocycles. The van der Waals surface area contributed by atoms with Crippen molar-refractivity contribution in [3.63, 3.8) is 0 Å². The Kier molecular flexibility index (Phi) is 9.23. The van der Waals surface area contributed by atoms with Crippen molar-refractivity contribution in [3.8, 4) is 23.0 Å². The van der Waals surface area contributed by atoms with Gasteiger partial charge in [0.25, 0.3) is 0 Å². The largest absolute Gasteiger partial charge is 0.497 e. The van der Waals surface area contributed by atoms with Gasteiger partial charge in [0, 0.05) is 12.1 Å². The Morgan fingerprint density at radius 2 is 0.722 bits per heavy atom. The van der Waals surface area contributed by atoms with Crippen molar-refractivity contribution in [1.82, 2.24) is 0 Å². The molecule has 2 atom stereocenters. The van der Waals surface area contributed by atoms with Crippen LogP contribution in [0.2, 0.25) is 0 Å². The number of hydrogen-bond acceptors (Lipinski definition) is 4. The van der Waals surface area contributed by atoms with E-state index in [4.69, 9.17) is 18.9 Å². The molecule has 186 valence electrons. The van der Waals surface area contributed by atoms with Gasteiger partial charge in [-0.15, -0.1) is 0 Å². The molecule has 6 heteroatoms. The SMILES string of the molecule is COc1cc(OC)cc(P(CCP(c2ccccc2)c2cc(OC)cc(OC)c2)c2ccccc2)c1. The summed E-state index contributed by atoms with van der Waals surface area (Å²) in [7, 11) is 5.54. The molecule has 0 saturated carbocycles. The highest BCUT2D eigenvalue weighted by Crippen LogP contribution is 2.43. The minimum Gasteiger partial charge on any atom is -0.497 e. The van der Waals surface area contributed by atoms with Crippen LogP contribution in [-0.2, 0) is 0 Å². The van der Waals surface area contributed by atoms with Crippen molar-refractivity contribution in [3.05, 3.63) is 97.1 Å². The average molecular weight is 519 g/mol. The van der Waals surface area contributed by atoms with Crippen LogP contribution < -0.4 is 40.2 Å². The van der Waals surface area contributed by atoms with Crippen LogP contribution in [0.3, 0.4) is 0 Å². The molecule has 0 amide bonds. The smallest absolute Gasteiger partial charge is 0.123 e. The second-order valence-corrected chi connectivity index (χ2v) is 12.8. The number of benzene rings is 4. The van der Waals surface area contributed by atoms with Crippen molar-refractivity contribution in [2.24, 2.45) is 0 Å². The molecule has 0 aliphatic carbocycles. The fraction of sp³-hybridized carbons (Fsp3) is 0.200. The van der Waals surface area contributed by atoms with Crippen molar-refractivity contribution in [2.75, 3.05) is 40.8 Å². The van der Waals surface area contributed by atoms with Gasteiger partial charge >= 0.3 is 0 Å². The molecule has 0 saturated heterocycles. The highest BCUT2D eigenvalue weighted by atomic mass is 31.1. The summed E-state index contributed by atoms with van der Waals surface area (Å²) in [6.45, 7) is 0. The van der Waals surface area contributed by atoms with Gasteiger partial charge in [-0.25, -0.2) is 0 Å². The van der Waals surface area contributed by atoms with E-state index in [2.05, 4.69) is 84.9 Å². The summed E-state index contributed by atoms with van der Waals surface area (Å²) in [6, 6.07) is 34.0. The van der Waals surface area contributed by atoms with Crippen LogP contribution in [0.4, 0.5) is 0 Å².